The molecule has 0 heterocycles. The van der Waals surface area contributed by atoms with Gasteiger partial charge in [0.2, 0.25) is 0 Å². The van der Waals surface area contributed by atoms with Crippen LogP contribution in [0.1, 0.15) is 18.4 Å². The predicted octanol–water partition coefficient (Wildman–Crippen LogP) is 2.49. The average molecular weight is 211 g/mol. The minimum atomic E-state index is -0.770. The summed E-state index contributed by atoms with van der Waals surface area (Å²) in [6.45, 7) is 0.721. The van der Waals surface area contributed by atoms with Gasteiger partial charge in [0.05, 0.1) is 0 Å². The Hall–Kier alpha value is -0.960. The van der Waals surface area contributed by atoms with Crippen LogP contribution in [0.2, 0.25) is 0 Å². The molecule has 1 saturated carbocycles. The number of benzene rings is 1. The molecular formula is C12H15F2N. The van der Waals surface area contributed by atoms with Crippen LogP contribution in [0, 0.1) is 23.5 Å². The van der Waals surface area contributed by atoms with E-state index in [4.69, 9.17) is 5.73 Å². The van der Waals surface area contributed by atoms with E-state index in [1.807, 2.05) is 0 Å². The van der Waals surface area contributed by atoms with Crippen molar-refractivity contribution < 1.29 is 8.78 Å². The fourth-order valence-electron chi connectivity index (χ4n) is 2.10. The van der Waals surface area contributed by atoms with Crippen molar-refractivity contribution in [1.29, 1.82) is 0 Å². The summed E-state index contributed by atoms with van der Waals surface area (Å²) in [5, 5.41) is 0. The molecule has 0 spiro atoms. The van der Waals surface area contributed by atoms with Gasteiger partial charge in [0, 0.05) is 0 Å². The van der Waals surface area contributed by atoms with Crippen molar-refractivity contribution in [2.45, 2.75) is 19.3 Å². The molecule has 0 aliphatic heterocycles. The highest BCUT2D eigenvalue weighted by molar-refractivity contribution is 5.19. The maximum absolute atomic E-state index is 12.9. The highest BCUT2D eigenvalue weighted by Gasteiger charge is 2.35. The van der Waals surface area contributed by atoms with Crippen LogP contribution in [0.4, 0.5) is 8.78 Å². The molecule has 0 amide bonds. The third kappa shape index (κ3) is 2.53. The zero-order valence-electron chi connectivity index (χ0n) is 8.55. The molecule has 1 nitrogen and oxygen atoms in total. The normalized spacial score (nSPS) is 24.2. The SMILES string of the molecule is NCCC1CC1Cc1ccc(F)c(F)c1. The number of halogens is 2. The summed E-state index contributed by atoms with van der Waals surface area (Å²) in [4.78, 5) is 0. The first-order valence-electron chi connectivity index (χ1n) is 5.34. The molecule has 15 heavy (non-hydrogen) atoms. The first kappa shape index (κ1) is 10.6. The number of hydrogen-bond acceptors (Lipinski definition) is 1. The maximum Gasteiger partial charge on any atom is 0.159 e. The minimum absolute atomic E-state index is 0.624. The topological polar surface area (TPSA) is 26.0 Å². The lowest BCUT2D eigenvalue weighted by Gasteiger charge is -2.01. The molecule has 0 radical (unpaired) electrons. The Kier molecular flexibility index (Phi) is 3.00. The number of nitrogens with two attached hydrogens (primary N) is 1. The Balaban J connectivity index is 1.92. The molecule has 2 atom stereocenters. The summed E-state index contributed by atoms with van der Waals surface area (Å²) < 4.78 is 25.6. The molecule has 1 aromatic carbocycles. The van der Waals surface area contributed by atoms with E-state index in [1.165, 1.54) is 18.6 Å². The molecule has 2 rings (SSSR count). The van der Waals surface area contributed by atoms with Crippen LogP contribution in [0.15, 0.2) is 18.2 Å². The zero-order chi connectivity index (χ0) is 10.8. The van der Waals surface area contributed by atoms with Crippen LogP contribution >= 0.6 is 0 Å². The van der Waals surface area contributed by atoms with E-state index in [0.717, 1.165) is 24.9 Å². The smallest absolute Gasteiger partial charge is 0.159 e. The highest BCUT2D eigenvalue weighted by atomic mass is 19.2. The van der Waals surface area contributed by atoms with Crippen LogP contribution in [0.5, 0.6) is 0 Å². The fourth-order valence-corrected chi connectivity index (χ4v) is 2.10. The molecule has 2 N–H and O–H groups in total. The third-order valence-corrected chi connectivity index (χ3v) is 3.09. The van der Waals surface area contributed by atoms with Gasteiger partial charge < -0.3 is 5.73 Å². The Morgan fingerprint density at radius 3 is 2.67 bits per heavy atom. The summed E-state index contributed by atoms with van der Waals surface area (Å²) in [6.07, 6.45) is 3.08. The van der Waals surface area contributed by atoms with Gasteiger partial charge in [-0.3, -0.25) is 0 Å². The van der Waals surface area contributed by atoms with Crippen molar-refractivity contribution in [2.24, 2.45) is 17.6 Å². The Labute approximate surface area is 88.3 Å². The van der Waals surface area contributed by atoms with Gasteiger partial charge in [-0.25, -0.2) is 8.78 Å². The molecule has 1 fully saturated rings. The van der Waals surface area contributed by atoms with Crippen LogP contribution < -0.4 is 5.73 Å². The van der Waals surface area contributed by atoms with Gasteiger partial charge in [-0.2, -0.15) is 0 Å². The quantitative estimate of drug-likeness (QED) is 0.813. The molecule has 1 aliphatic rings. The summed E-state index contributed by atoms with van der Waals surface area (Å²) in [5.41, 5.74) is 6.35. The zero-order valence-corrected chi connectivity index (χ0v) is 8.55. The summed E-state index contributed by atoms with van der Waals surface area (Å²) >= 11 is 0. The monoisotopic (exact) mass is 211 g/mol. The summed E-state index contributed by atoms with van der Waals surface area (Å²) in [6, 6.07) is 4.16. The van der Waals surface area contributed by atoms with E-state index in [0.29, 0.717) is 11.8 Å². The van der Waals surface area contributed by atoms with Crippen molar-refractivity contribution >= 4 is 0 Å². The lowest BCUT2D eigenvalue weighted by atomic mass is 10.1. The van der Waals surface area contributed by atoms with Crippen LogP contribution in [-0.2, 0) is 6.42 Å². The van der Waals surface area contributed by atoms with Gasteiger partial charge in [-0.05, 0) is 55.3 Å². The van der Waals surface area contributed by atoms with E-state index in [2.05, 4.69) is 0 Å². The second-order valence-electron chi connectivity index (χ2n) is 4.29. The van der Waals surface area contributed by atoms with Crippen molar-refractivity contribution in [2.75, 3.05) is 6.54 Å². The first-order valence-corrected chi connectivity index (χ1v) is 5.34. The van der Waals surface area contributed by atoms with Crippen LogP contribution in [0.25, 0.3) is 0 Å². The highest BCUT2D eigenvalue weighted by Crippen LogP contribution is 2.43. The second-order valence-corrected chi connectivity index (χ2v) is 4.29. The van der Waals surface area contributed by atoms with E-state index in [-0.39, 0.29) is 0 Å². The van der Waals surface area contributed by atoms with Gasteiger partial charge >= 0.3 is 0 Å². The predicted molar refractivity (Wildman–Crippen MR) is 55.3 cm³/mol. The molecule has 1 aliphatic carbocycles. The van der Waals surface area contributed by atoms with E-state index >= 15 is 0 Å². The van der Waals surface area contributed by atoms with Crippen molar-refractivity contribution in [3.63, 3.8) is 0 Å². The van der Waals surface area contributed by atoms with Crippen molar-refractivity contribution in [3.8, 4) is 0 Å². The average Bonchev–Trinajstić information content (AvgIpc) is 2.91. The van der Waals surface area contributed by atoms with Crippen LogP contribution in [-0.4, -0.2) is 6.54 Å². The first-order chi connectivity index (χ1) is 7.20. The lowest BCUT2D eigenvalue weighted by molar-refractivity contribution is 0.506. The Bertz CT molecular complexity index is 351. The largest absolute Gasteiger partial charge is 0.330 e. The maximum atomic E-state index is 12.9. The van der Waals surface area contributed by atoms with Crippen molar-refractivity contribution in [1.82, 2.24) is 0 Å². The van der Waals surface area contributed by atoms with E-state index < -0.39 is 11.6 Å². The molecule has 0 bridgehead atoms. The van der Waals surface area contributed by atoms with Gasteiger partial charge in [-0.1, -0.05) is 6.07 Å². The molecule has 2 unspecified atom stereocenters. The standard InChI is InChI=1S/C12H15F2N/c13-11-2-1-8(6-12(11)14)5-10-7-9(10)3-4-15/h1-2,6,9-10H,3-5,7,15H2. The fraction of sp³-hybridized carbons (Fsp3) is 0.500. The summed E-state index contributed by atoms with van der Waals surface area (Å²) in [5.74, 6) is -0.196. The van der Waals surface area contributed by atoms with Gasteiger partial charge in [-0.15, -0.1) is 0 Å². The third-order valence-electron chi connectivity index (χ3n) is 3.09. The Morgan fingerprint density at radius 2 is 2.00 bits per heavy atom. The lowest BCUT2D eigenvalue weighted by Crippen LogP contribution is -2.01. The minimum Gasteiger partial charge on any atom is -0.330 e. The molecule has 0 saturated heterocycles. The molecule has 82 valence electrons. The van der Waals surface area contributed by atoms with Crippen LogP contribution in [0.3, 0.4) is 0 Å². The molecule has 3 heteroatoms. The van der Waals surface area contributed by atoms with E-state index in [1.54, 1.807) is 6.07 Å². The molecule has 0 aromatic heterocycles. The summed E-state index contributed by atoms with van der Waals surface area (Å²) in [7, 11) is 0. The molecule has 1 aromatic rings. The van der Waals surface area contributed by atoms with Crippen molar-refractivity contribution in [3.05, 3.63) is 35.4 Å². The van der Waals surface area contributed by atoms with Gasteiger partial charge in [0.25, 0.3) is 0 Å². The number of rotatable bonds is 4. The van der Waals surface area contributed by atoms with Gasteiger partial charge in [0.1, 0.15) is 0 Å². The van der Waals surface area contributed by atoms with Gasteiger partial charge in [0.15, 0.2) is 11.6 Å². The second kappa shape index (κ2) is 4.27. The Morgan fingerprint density at radius 1 is 1.20 bits per heavy atom. The number of hydrogen-bond donors (Lipinski definition) is 1. The van der Waals surface area contributed by atoms with E-state index in [9.17, 15) is 8.78 Å². The molecular weight excluding hydrogens is 196 g/mol.